The fourth-order valence-electron chi connectivity index (χ4n) is 3.03. The second-order valence-corrected chi connectivity index (χ2v) is 7.60. The number of aromatic nitrogens is 1. The number of guanidine groups is 1. The van der Waals surface area contributed by atoms with Crippen molar-refractivity contribution in [2.75, 3.05) is 20.2 Å². The monoisotopic (exact) mass is 412 g/mol. The number of hydrogen-bond acceptors (Lipinski definition) is 4. The Balaban J connectivity index is 1.66. The number of thiazole rings is 1. The summed E-state index contributed by atoms with van der Waals surface area (Å²) in [5.74, 6) is 1.43. The first-order valence-corrected chi connectivity index (χ1v) is 9.93. The van der Waals surface area contributed by atoms with Crippen molar-refractivity contribution in [3.05, 3.63) is 45.9 Å². The van der Waals surface area contributed by atoms with Crippen LogP contribution in [0.15, 0.2) is 34.6 Å². The molecule has 2 aromatic rings. The summed E-state index contributed by atoms with van der Waals surface area (Å²) in [7, 11) is 1.66. The first kappa shape index (κ1) is 20.4. The molecular weight excluding hydrogens is 389 g/mol. The standard InChI is InChI=1S/C19H23F3N4OS/c1-3-23-17(24-10-16-26-15(11-28-16)19(20,21)22)25-12-18(8-9-18)13-6-4-5-7-14(13)27-2/h4-7,11H,3,8-10,12H2,1-2H3,(H2,23,24,25). The van der Waals surface area contributed by atoms with Gasteiger partial charge in [0.1, 0.15) is 10.8 Å². The number of aliphatic imine (C=N–C) groups is 1. The van der Waals surface area contributed by atoms with Crippen molar-refractivity contribution in [3.63, 3.8) is 0 Å². The third kappa shape index (κ3) is 4.76. The summed E-state index contributed by atoms with van der Waals surface area (Å²) in [4.78, 5) is 8.01. The van der Waals surface area contributed by atoms with Crippen molar-refractivity contribution in [1.82, 2.24) is 15.6 Å². The van der Waals surface area contributed by atoms with Crippen LogP contribution < -0.4 is 15.4 Å². The smallest absolute Gasteiger partial charge is 0.434 e. The molecule has 28 heavy (non-hydrogen) atoms. The van der Waals surface area contributed by atoms with E-state index in [0.29, 0.717) is 24.1 Å². The molecule has 1 aromatic heterocycles. The number of rotatable bonds is 7. The SMILES string of the molecule is CCNC(=NCc1nc(C(F)(F)F)cs1)NCC1(c2ccccc2OC)CC1. The molecule has 0 radical (unpaired) electrons. The van der Waals surface area contributed by atoms with E-state index in [1.807, 2.05) is 25.1 Å². The van der Waals surface area contributed by atoms with Gasteiger partial charge in [-0.2, -0.15) is 13.2 Å². The van der Waals surface area contributed by atoms with Gasteiger partial charge in [-0.1, -0.05) is 18.2 Å². The number of nitrogens with one attached hydrogen (secondary N) is 2. The van der Waals surface area contributed by atoms with Crippen molar-refractivity contribution in [2.24, 2.45) is 4.99 Å². The molecule has 1 aromatic carbocycles. The van der Waals surface area contributed by atoms with Crippen molar-refractivity contribution in [1.29, 1.82) is 0 Å². The number of nitrogens with zero attached hydrogens (tertiary/aromatic N) is 2. The largest absolute Gasteiger partial charge is 0.496 e. The Kier molecular flexibility index (Phi) is 6.12. The lowest BCUT2D eigenvalue weighted by Gasteiger charge is -2.21. The molecule has 5 nitrogen and oxygen atoms in total. The molecule has 1 heterocycles. The number of hydrogen-bond donors (Lipinski definition) is 2. The van der Waals surface area contributed by atoms with Gasteiger partial charge in [0.15, 0.2) is 11.7 Å². The zero-order chi connectivity index (χ0) is 20.2. The number of methoxy groups -OCH3 is 1. The zero-order valence-corrected chi connectivity index (χ0v) is 16.6. The van der Waals surface area contributed by atoms with Crippen LogP contribution in [-0.2, 0) is 18.1 Å². The number of para-hydroxylation sites is 1. The van der Waals surface area contributed by atoms with E-state index in [4.69, 9.17) is 4.74 Å². The minimum absolute atomic E-state index is 0.00652. The van der Waals surface area contributed by atoms with E-state index in [0.717, 1.165) is 40.9 Å². The molecule has 0 saturated heterocycles. The van der Waals surface area contributed by atoms with Crippen LogP contribution in [0.1, 0.15) is 36.0 Å². The molecule has 0 atom stereocenters. The molecule has 1 saturated carbocycles. The van der Waals surface area contributed by atoms with Gasteiger partial charge in [0.05, 0.1) is 13.7 Å². The van der Waals surface area contributed by atoms with E-state index < -0.39 is 11.9 Å². The van der Waals surface area contributed by atoms with Crippen LogP contribution in [0, 0.1) is 0 Å². The highest BCUT2D eigenvalue weighted by atomic mass is 32.1. The summed E-state index contributed by atoms with van der Waals surface area (Å²) in [5.41, 5.74) is 0.289. The fraction of sp³-hybridized carbons (Fsp3) is 0.474. The molecule has 9 heteroatoms. The maximum atomic E-state index is 12.7. The molecule has 1 aliphatic carbocycles. The van der Waals surface area contributed by atoms with Gasteiger partial charge in [0.2, 0.25) is 0 Å². The lowest BCUT2D eigenvalue weighted by atomic mass is 9.95. The molecule has 3 rings (SSSR count). The van der Waals surface area contributed by atoms with Crippen LogP contribution in [0.25, 0.3) is 0 Å². The van der Waals surface area contributed by atoms with Crippen LogP contribution in [0.4, 0.5) is 13.2 Å². The third-order valence-corrected chi connectivity index (χ3v) is 5.52. The molecule has 0 amide bonds. The summed E-state index contributed by atoms with van der Waals surface area (Å²) < 4.78 is 43.5. The van der Waals surface area contributed by atoms with E-state index >= 15 is 0 Å². The van der Waals surface area contributed by atoms with Gasteiger partial charge < -0.3 is 15.4 Å². The van der Waals surface area contributed by atoms with Gasteiger partial charge in [-0.25, -0.2) is 9.98 Å². The Hall–Kier alpha value is -2.29. The molecule has 0 aliphatic heterocycles. The van der Waals surface area contributed by atoms with Gasteiger partial charge >= 0.3 is 6.18 Å². The molecule has 0 unspecified atom stereocenters. The topological polar surface area (TPSA) is 58.5 Å². The Bertz CT molecular complexity index is 831. The zero-order valence-electron chi connectivity index (χ0n) is 15.8. The van der Waals surface area contributed by atoms with Crippen LogP contribution >= 0.6 is 11.3 Å². The summed E-state index contributed by atoms with van der Waals surface area (Å²) in [6.07, 6.45) is -2.34. The maximum Gasteiger partial charge on any atom is 0.434 e. The lowest BCUT2D eigenvalue weighted by Crippen LogP contribution is -2.41. The van der Waals surface area contributed by atoms with E-state index in [2.05, 4.69) is 26.7 Å². The van der Waals surface area contributed by atoms with Crippen LogP contribution in [-0.4, -0.2) is 31.1 Å². The molecule has 0 bridgehead atoms. The Morgan fingerprint density at radius 2 is 2.04 bits per heavy atom. The summed E-state index contributed by atoms with van der Waals surface area (Å²) >= 11 is 0.964. The number of benzene rings is 1. The van der Waals surface area contributed by atoms with Gasteiger partial charge in [-0.05, 0) is 25.8 Å². The van der Waals surface area contributed by atoms with Gasteiger partial charge in [0.25, 0.3) is 0 Å². The van der Waals surface area contributed by atoms with E-state index in [1.54, 1.807) is 7.11 Å². The first-order chi connectivity index (χ1) is 13.4. The van der Waals surface area contributed by atoms with Crippen LogP contribution in [0.2, 0.25) is 0 Å². The maximum absolute atomic E-state index is 12.7. The Morgan fingerprint density at radius 1 is 1.29 bits per heavy atom. The van der Waals surface area contributed by atoms with E-state index in [-0.39, 0.29) is 12.0 Å². The summed E-state index contributed by atoms with van der Waals surface area (Å²) in [5, 5.41) is 7.80. The summed E-state index contributed by atoms with van der Waals surface area (Å²) in [6.45, 7) is 3.36. The lowest BCUT2D eigenvalue weighted by molar-refractivity contribution is -0.140. The quantitative estimate of drug-likeness (QED) is 0.534. The van der Waals surface area contributed by atoms with E-state index in [1.165, 1.54) is 0 Å². The van der Waals surface area contributed by atoms with Crippen molar-refractivity contribution < 1.29 is 17.9 Å². The Labute approximate surface area is 166 Å². The predicted molar refractivity (Wildman–Crippen MR) is 104 cm³/mol. The third-order valence-electron chi connectivity index (χ3n) is 4.68. The fourth-order valence-corrected chi connectivity index (χ4v) is 3.75. The number of alkyl halides is 3. The highest BCUT2D eigenvalue weighted by Crippen LogP contribution is 2.50. The predicted octanol–water partition coefficient (Wildman–Crippen LogP) is 3.96. The molecule has 0 spiro atoms. The minimum Gasteiger partial charge on any atom is -0.496 e. The molecule has 1 fully saturated rings. The van der Waals surface area contributed by atoms with Crippen LogP contribution in [0.5, 0.6) is 5.75 Å². The Morgan fingerprint density at radius 3 is 2.64 bits per heavy atom. The second kappa shape index (κ2) is 8.38. The highest BCUT2D eigenvalue weighted by Gasteiger charge is 2.46. The summed E-state index contributed by atoms with van der Waals surface area (Å²) in [6, 6.07) is 7.97. The van der Waals surface area contributed by atoms with Crippen molar-refractivity contribution in [2.45, 2.75) is 37.9 Å². The number of halogens is 3. The average Bonchev–Trinajstić information content (AvgIpc) is 3.30. The minimum atomic E-state index is -4.42. The molecular formula is C19H23F3N4OS. The van der Waals surface area contributed by atoms with E-state index in [9.17, 15) is 13.2 Å². The molecule has 1 aliphatic rings. The van der Waals surface area contributed by atoms with Crippen LogP contribution in [0.3, 0.4) is 0 Å². The molecule has 2 N–H and O–H groups in total. The van der Waals surface area contributed by atoms with Gasteiger partial charge in [-0.15, -0.1) is 11.3 Å². The number of ether oxygens (including phenoxy) is 1. The first-order valence-electron chi connectivity index (χ1n) is 9.05. The average molecular weight is 412 g/mol. The second-order valence-electron chi connectivity index (χ2n) is 6.65. The van der Waals surface area contributed by atoms with Gasteiger partial charge in [0, 0.05) is 29.4 Å². The van der Waals surface area contributed by atoms with Crippen molar-refractivity contribution in [3.8, 4) is 5.75 Å². The highest BCUT2D eigenvalue weighted by molar-refractivity contribution is 7.09. The van der Waals surface area contributed by atoms with Gasteiger partial charge in [-0.3, -0.25) is 0 Å². The van der Waals surface area contributed by atoms with Crippen molar-refractivity contribution >= 4 is 17.3 Å². The normalized spacial score (nSPS) is 16.0. The molecule has 152 valence electrons.